The van der Waals surface area contributed by atoms with Gasteiger partial charge in [0.2, 0.25) is 0 Å². The smallest absolute Gasteiger partial charge is 0.185 e. The lowest BCUT2D eigenvalue weighted by Gasteiger charge is -2.31. The largest absolute Gasteiger partial charge is 0.348 e. The van der Waals surface area contributed by atoms with E-state index in [1.165, 1.54) is 73.7 Å². The minimum Gasteiger partial charge on any atom is -0.348 e. The highest BCUT2D eigenvalue weighted by Gasteiger charge is 2.27. The van der Waals surface area contributed by atoms with Gasteiger partial charge in [0.05, 0.1) is 11.7 Å². The minimum atomic E-state index is 0.487. The van der Waals surface area contributed by atoms with Crippen molar-refractivity contribution < 1.29 is 0 Å². The number of aryl methyl sites for hydroxylation is 1. The number of hydrogen-bond donors (Lipinski definition) is 1. The number of nitrogens with one attached hydrogen (secondary N) is 1. The van der Waals surface area contributed by atoms with Crippen LogP contribution in [0.3, 0.4) is 0 Å². The fourth-order valence-corrected chi connectivity index (χ4v) is 4.86. The maximum Gasteiger partial charge on any atom is 0.185 e. The summed E-state index contributed by atoms with van der Waals surface area (Å²) in [6.45, 7) is 4.72. The summed E-state index contributed by atoms with van der Waals surface area (Å²) in [5.41, 5.74) is 1.34. The number of piperidine rings is 1. The fraction of sp³-hybridized carbons (Fsp3) is 0.812. The molecule has 0 saturated carbocycles. The van der Waals surface area contributed by atoms with E-state index in [-0.39, 0.29) is 0 Å². The Labute approximate surface area is 126 Å². The Morgan fingerprint density at radius 1 is 1.30 bits per heavy atom. The van der Waals surface area contributed by atoms with Crippen LogP contribution in [-0.2, 0) is 6.42 Å². The van der Waals surface area contributed by atoms with E-state index >= 15 is 0 Å². The number of nitrogens with zero attached hydrogens (tertiary/aromatic N) is 2. The molecule has 1 aliphatic heterocycles. The van der Waals surface area contributed by atoms with Crippen LogP contribution in [0, 0.1) is 5.92 Å². The topological polar surface area (TPSA) is 28.2 Å². The van der Waals surface area contributed by atoms with Gasteiger partial charge in [-0.3, -0.25) is 0 Å². The monoisotopic (exact) mass is 293 g/mol. The Hall–Kier alpha value is -0.610. The van der Waals surface area contributed by atoms with Gasteiger partial charge in [0, 0.05) is 18.0 Å². The first-order chi connectivity index (χ1) is 9.81. The van der Waals surface area contributed by atoms with Crippen LogP contribution in [0.15, 0.2) is 0 Å². The van der Waals surface area contributed by atoms with E-state index in [1.807, 2.05) is 11.3 Å². The van der Waals surface area contributed by atoms with E-state index in [4.69, 9.17) is 4.98 Å². The van der Waals surface area contributed by atoms with Crippen molar-refractivity contribution in [3.05, 3.63) is 10.6 Å². The standard InChI is InChI=1S/C16H27N3S/c1-3-5-12-8-10-19(11-9-12)16-18-15-13(17-2)6-4-7-14(15)20-16/h12-13,17H,3-11H2,1-2H3. The normalized spacial score (nSPS) is 23.9. The number of aromatic nitrogens is 1. The van der Waals surface area contributed by atoms with Crippen molar-refractivity contribution in [2.24, 2.45) is 5.92 Å². The highest BCUT2D eigenvalue weighted by molar-refractivity contribution is 7.15. The zero-order valence-electron chi connectivity index (χ0n) is 12.8. The summed E-state index contributed by atoms with van der Waals surface area (Å²) in [5.74, 6) is 0.955. The Kier molecular flexibility index (Phi) is 4.61. The molecule has 2 heterocycles. The maximum atomic E-state index is 4.98. The number of anilines is 1. The number of rotatable bonds is 4. The quantitative estimate of drug-likeness (QED) is 0.916. The summed E-state index contributed by atoms with van der Waals surface area (Å²) in [7, 11) is 2.06. The molecule has 3 nitrogen and oxygen atoms in total. The average molecular weight is 293 g/mol. The summed E-state index contributed by atoms with van der Waals surface area (Å²) in [4.78, 5) is 9.04. The molecular formula is C16H27N3S. The highest BCUT2D eigenvalue weighted by atomic mass is 32.1. The van der Waals surface area contributed by atoms with Crippen LogP contribution in [-0.4, -0.2) is 25.1 Å². The molecule has 1 aromatic rings. The first-order valence-corrected chi connectivity index (χ1v) is 9.05. The lowest BCUT2D eigenvalue weighted by Crippen LogP contribution is -2.33. The Bertz CT molecular complexity index is 435. The van der Waals surface area contributed by atoms with Gasteiger partial charge >= 0.3 is 0 Å². The van der Waals surface area contributed by atoms with Crippen LogP contribution < -0.4 is 10.2 Å². The second-order valence-electron chi connectivity index (χ2n) is 6.26. The molecule has 1 N–H and O–H groups in total. The molecular weight excluding hydrogens is 266 g/mol. The Morgan fingerprint density at radius 3 is 2.80 bits per heavy atom. The SMILES string of the molecule is CCCC1CCN(c2nc3c(s2)CCCC3NC)CC1. The molecule has 1 aliphatic carbocycles. The van der Waals surface area contributed by atoms with Crippen molar-refractivity contribution in [2.75, 3.05) is 25.0 Å². The third-order valence-electron chi connectivity index (χ3n) is 4.87. The molecule has 1 aromatic heterocycles. The molecule has 1 atom stereocenters. The first-order valence-electron chi connectivity index (χ1n) is 8.23. The fourth-order valence-electron chi connectivity index (χ4n) is 3.64. The molecule has 0 bridgehead atoms. The summed E-state index contributed by atoms with van der Waals surface area (Å²) in [5, 5.41) is 4.71. The van der Waals surface area contributed by atoms with Gasteiger partial charge in [-0.15, -0.1) is 11.3 Å². The van der Waals surface area contributed by atoms with Crippen molar-refractivity contribution in [3.8, 4) is 0 Å². The molecule has 1 fully saturated rings. The maximum absolute atomic E-state index is 4.98. The van der Waals surface area contributed by atoms with E-state index in [0.717, 1.165) is 5.92 Å². The van der Waals surface area contributed by atoms with Crippen LogP contribution in [0.4, 0.5) is 5.13 Å². The summed E-state index contributed by atoms with van der Waals surface area (Å²) in [6.07, 6.45) is 9.23. The molecule has 112 valence electrons. The van der Waals surface area contributed by atoms with E-state index in [0.29, 0.717) is 6.04 Å². The van der Waals surface area contributed by atoms with E-state index in [9.17, 15) is 0 Å². The van der Waals surface area contributed by atoms with E-state index < -0.39 is 0 Å². The van der Waals surface area contributed by atoms with Gasteiger partial charge in [-0.1, -0.05) is 19.8 Å². The summed E-state index contributed by atoms with van der Waals surface area (Å²) in [6, 6.07) is 0.487. The van der Waals surface area contributed by atoms with E-state index in [2.05, 4.69) is 24.2 Å². The first kappa shape index (κ1) is 14.3. The van der Waals surface area contributed by atoms with Crippen LogP contribution in [0.5, 0.6) is 0 Å². The van der Waals surface area contributed by atoms with Crippen molar-refractivity contribution >= 4 is 16.5 Å². The van der Waals surface area contributed by atoms with Crippen molar-refractivity contribution in [1.29, 1.82) is 0 Å². The van der Waals surface area contributed by atoms with Gasteiger partial charge < -0.3 is 10.2 Å². The average Bonchev–Trinajstić information content (AvgIpc) is 2.92. The molecule has 20 heavy (non-hydrogen) atoms. The van der Waals surface area contributed by atoms with Gasteiger partial charge in [-0.05, 0) is 45.1 Å². The molecule has 4 heteroatoms. The third-order valence-corrected chi connectivity index (χ3v) is 6.07. The number of fused-ring (bicyclic) bond motifs is 1. The van der Waals surface area contributed by atoms with Crippen LogP contribution in [0.2, 0.25) is 0 Å². The summed E-state index contributed by atoms with van der Waals surface area (Å²) >= 11 is 1.95. The summed E-state index contributed by atoms with van der Waals surface area (Å²) < 4.78 is 0. The van der Waals surface area contributed by atoms with Gasteiger partial charge in [0.25, 0.3) is 0 Å². The van der Waals surface area contributed by atoms with E-state index in [1.54, 1.807) is 0 Å². The molecule has 1 saturated heterocycles. The van der Waals surface area contributed by atoms with Gasteiger partial charge in [0.1, 0.15) is 0 Å². The van der Waals surface area contributed by atoms with Gasteiger partial charge in [-0.2, -0.15) is 0 Å². The Morgan fingerprint density at radius 2 is 2.10 bits per heavy atom. The minimum absolute atomic E-state index is 0.487. The highest BCUT2D eigenvalue weighted by Crippen LogP contribution is 2.37. The lowest BCUT2D eigenvalue weighted by atomic mass is 9.93. The molecule has 0 amide bonds. The van der Waals surface area contributed by atoms with Crippen LogP contribution in [0.1, 0.15) is 62.1 Å². The molecule has 1 unspecified atom stereocenters. The van der Waals surface area contributed by atoms with Crippen molar-refractivity contribution in [2.45, 2.75) is 57.9 Å². The molecule has 0 aromatic carbocycles. The predicted molar refractivity (Wildman–Crippen MR) is 86.7 cm³/mol. The molecule has 0 radical (unpaired) electrons. The number of thiazole rings is 1. The van der Waals surface area contributed by atoms with Gasteiger partial charge in [0.15, 0.2) is 5.13 Å². The zero-order chi connectivity index (χ0) is 13.9. The lowest BCUT2D eigenvalue weighted by molar-refractivity contribution is 0.378. The molecule has 0 spiro atoms. The second-order valence-corrected chi connectivity index (χ2v) is 7.32. The van der Waals surface area contributed by atoms with Crippen molar-refractivity contribution in [3.63, 3.8) is 0 Å². The molecule has 3 rings (SSSR count). The predicted octanol–water partition coefficient (Wildman–Crippen LogP) is 3.76. The number of hydrogen-bond acceptors (Lipinski definition) is 4. The van der Waals surface area contributed by atoms with Crippen molar-refractivity contribution in [1.82, 2.24) is 10.3 Å². The Balaban J connectivity index is 1.68. The van der Waals surface area contributed by atoms with Gasteiger partial charge in [-0.25, -0.2) is 4.98 Å². The molecule has 2 aliphatic rings. The second kappa shape index (κ2) is 6.44. The van der Waals surface area contributed by atoms with Crippen LogP contribution >= 0.6 is 11.3 Å². The zero-order valence-corrected chi connectivity index (χ0v) is 13.6. The third kappa shape index (κ3) is 2.86. The van der Waals surface area contributed by atoms with Crippen LogP contribution in [0.25, 0.3) is 0 Å².